The van der Waals surface area contributed by atoms with E-state index in [9.17, 15) is 0 Å². The van der Waals surface area contributed by atoms with Gasteiger partial charge in [-0.05, 0) is 20.8 Å². The van der Waals surface area contributed by atoms with Crippen LogP contribution in [-0.2, 0) is 6.54 Å². The minimum Gasteiger partial charge on any atom is -0.392 e. The van der Waals surface area contributed by atoms with Crippen molar-refractivity contribution in [2.45, 2.75) is 33.4 Å². The number of rotatable bonds is 4. The molecule has 4 nitrogen and oxygen atoms in total. The summed E-state index contributed by atoms with van der Waals surface area (Å²) in [6, 6.07) is 0. The molecular formula is C9H17N3O. The zero-order valence-electron chi connectivity index (χ0n) is 8.39. The van der Waals surface area contributed by atoms with E-state index >= 15 is 0 Å². The summed E-state index contributed by atoms with van der Waals surface area (Å²) in [5, 5.41) is 19.2. The zero-order chi connectivity index (χ0) is 9.84. The largest absolute Gasteiger partial charge is 0.392 e. The van der Waals surface area contributed by atoms with Crippen LogP contribution in [0.25, 0.3) is 0 Å². The van der Waals surface area contributed by atoms with Crippen LogP contribution in [0, 0.1) is 13.8 Å². The van der Waals surface area contributed by atoms with E-state index in [1.807, 2.05) is 13.8 Å². The molecule has 1 aromatic rings. The van der Waals surface area contributed by atoms with Gasteiger partial charge in [0.05, 0.1) is 11.8 Å². The zero-order valence-corrected chi connectivity index (χ0v) is 8.39. The van der Waals surface area contributed by atoms with Crippen molar-refractivity contribution in [1.29, 1.82) is 0 Å². The van der Waals surface area contributed by atoms with Gasteiger partial charge in [0.2, 0.25) is 0 Å². The van der Waals surface area contributed by atoms with Crippen LogP contribution in [0.1, 0.15) is 23.9 Å². The van der Waals surface area contributed by atoms with E-state index in [-0.39, 0.29) is 6.10 Å². The second-order valence-electron chi connectivity index (χ2n) is 3.39. The van der Waals surface area contributed by atoms with Crippen LogP contribution in [0.4, 0.5) is 0 Å². The Morgan fingerprint density at radius 1 is 1.54 bits per heavy atom. The van der Waals surface area contributed by atoms with Crippen molar-refractivity contribution in [2.75, 3.05) is 6.54 Å². The SMILES string of the molecule is Cc1n[nH]c(C)c1CNC[C@@H](C)O. The van der Waals surface area contributed by atoms with E-state index in [0.29, 0.717) is 6.54 Å². The highest BCUT2D eigenvalue weighted by atomic mass is 16.3. The molecule has 1 rings (SSSR count). The number of aromatic amines is 1. The van der Waals surface area contributed by atoms with Gasteiger partial charge in [-0.15, -0.1) is 0 Å². The maximum atomic E-state index is 9.03. The molecule has 0 aliphatic carbocycles. The van der Waals surface area contributed by atoms with Crippen molar-refractivity contribution < 1.29 is 5.11 Å². The Bertz CT molecular complexity index is 248. The van der Waals surface area contributed by atoms with Gasteiger partial charge in [-0.25, -0.2) is 0 Å². The first-order chi connectivity index (χ1) is 6.11. The summed E-state index contributed by atoms with van der Waals surface area (Å²) in [6.45, 7) is 7.12. The maximum absolute atomic E-state index is 9.03. The molecule has 0 bridgehead atoms. The quantitative estimate of drug-likeness (QED) is 0.637. The standard InChI is InChI=1S/C9H17N3O/c1-6(13)4-10-5-9-7(2)11-12-8(9)3/h6,10,13H,4-5H2,1-3H3,(H,11,12)/t6-/m1/s1. The van der Waals surface area contributed by atoms with Crippen LogP contribution in [0.5, 0.6) is 0 Å². The molecule has 1 heterocycles. The Kier molecular flexibility index (Phi) is 3.45. The summed E-state index contributed by atoms with van der Waals surface area (Å²) in [7, 11) is 0. The Morgan fingerprint density at radius 3 is 2.69 bits per heavy atom. The van der Waals surface area contributed by atoms with Gasteiger partial charge in [-0.3, -0.25) is 5.10 Å². The monoisotopic (exact) mass is 183 g/mol. The number of hydrogen-bond donors (Lipinski definition) is 3. The van der Waals surface area contributed by atoms with Crippen molar-refractivity contribution in [3.63, 3.8) is 0 Å². The molecule has 0 saturated heterocycles. The lowest BCUT2D eigenvalue weighted by Crippen LogP contribution is -2.24. The number of aryl methyl sites for hydroxylation is 2. The highest BCUT2D eigenvalue weighted by Gasteiger charge is 2.05. The first-order valence-electron chi connectivity index (χ1n) is 4.50. The van der Waals surface area contributed by atoms with Crippen LogP contribution < -0.4 is 5.32 Å². The van der Waals surface area contributed by atoms with Crippen LogP contribution in [0.15, 0.2) is 0 Å². The molecule has 0 saturated carbocycles. The number of H-pyrrole nitrogens is 1. The smallest absolute Gasteiger partial charge is 0.0638 e. The molecule has 0 amide bonds. The van der Waals surface area contributed by atoms with Crippen molar-refractivity contribution in [1.82, 2.24) is 15.5 Å². The van der Waals surface area contributed by atoms with Gasteiger partial charge in [-0.1, -0.05) is 0 Å². The average molecular weight is 183 g/mol. The number of nitrogens with one attached hydrogen (secondary N) is 2. The summed E-state index contributed by atoms with van der Waals surface area (Å²) < 4.78 is 0. The van der Waals surface area contributed by atoms with Crippen molar-refractivity contribution in [3.8, 4) is 0 Å². The molecule has 13 heavy (non-hydrogen) atoms. The second-order valence-corrected chi connectivity index (χ2v) is 3.39. The lowest BCUT2D eigenvalue weighted by atomic mass is 10.2. The Balaban J connectivity index is 2.44. The van der Waals surface area contributed by atoms with Gasteiger partial charge < -0.3 is 10.4 Å². The molecule has 0 aliphatic heterocycles. The fourth-order valence-electron chi connectivity index (χ4n) is 1.24. The molecular weight excluding hydrogens is 166 g/mol. The van der Waals surface area contributed by atoms with Gasteiger partial charge in [-0.2, -0.15) is 5.10 Å². The van der Waals surface area contributed by atoms with E-state index in [1.165, 1.54) is 5.56 Å². The Morgan fingerprint density at radius 2 is 2.23 bits per heavy atom. The van der Waals surface area contributed by atoms with Crippen molar-refractivity contribution in [2.24, 2.45) is 0 Å². The minimum absolute atomic E-state index is 0.299. The van der Waals surface area contributed by atoms with Gasteiger partial charge in [0.25, 0.3) is 0 Å². The number of aliphatic hydroxyl groups excluding tert-OH is 1. The number of aromatic nitrogens is 2. The summed E-state index contributed by atoms with van der Waals surface area (Å²) >= 11 is 0. The number of hydrogen-bond acceptors (Lipinski definition) is 3. The normalized spacial score (nSPS) is 13.2. The predicted molar refractivity (Wildman–Crippen MR) is 51.4 cm³/mol. The molecule has 0 radical (unpaired) electrons. The third-order valence-electron chi connectivity index (χ3n) is 2.02. The highest BCUT2D eigenvalue weighted by molar-refractivity contribution is 5.22. The molecule has 0 spiro atoms. The molecule has 1 atom stereocenters. The molecule has 0 aromatic carbocycles. The van der Waals surface area contributed by atoms with E-state index in [4.69, 9.17) is 5.11 Å². The highest BCUT2D eigenvalue weighted by Crippen LogP contribution is 2.07. The van der Waals surface area contributed by atoms with E-state index < -0.39 is 0 Å². The topological polar surface area (TPSA) is 60.9 Å². The summed E-state index contributed by atoms with van der Waals surface area (Å²) in [5.74, 6) is 0. The molecule has 74 valence electrons. The Hall–Kier alpha value is -0.870. The third kappa shape index (κ3) is 2.82. The van der Waals surface area contributed by atoms with Gasteiger partial charge in [0.15, 0.2) is 0 Å². The molecule has 0 fully saturated rings. The summed E-state index contributed by atoms with van der Waals surface area (Å²) in [4.78, 5) is 0. The molecule has 0 aliphatic rings. The predicted octanol–water partition coefficient (Wildman–Crippen LogP) is 0.497. The molecule has 1 aromatic heterocycles. The van der Waals surface area contributed by atoms with E-state index in [0.717, 1.165) is 17.9 Å². The van der Waals surface area contributed by atoms with E-state index in [1.54, 1.807) is 6.92 Å². The van der Waals surface area contributed by atoms with Gasteiger partial charge in [0.1, 0.15) is 0 Å². The molecule has 3 N–H and O–H groups in total. The first-order valence-corrected chi connectivity index (χ1v) is 4.50. The minimum atomic E-state index is -0.299. The van der Waals surface area contributed by atoms with Crippen LogP contribution in [0.3, 0.4) is 0 Å². The lowest BCUT2D eigenvalue weighted by molar-refractivity contribution is 0.191. The fourth-order valence-corrected chi connectivity index (χ4v) is 1.24. The average Bonchev–Trinajstić information content (AvgIpc) is 2.34. The Labute approximate surface area is 78.4 Å². The summed E-state index contributed by atoms with van der Waals surface area (Å²) in [5.41, 5.74) is 3.31. The van der Waals surface area contributed by atoms with Crippen LogP contribution in [-0.4, -0.2) is 28.0 Å². The maximum Gasteiger partial charge on any atom is 0.0638 e. The van der Waals surface area contributed by atoms with Crippen LogP contribution >= 0.6 is 0 Å². The molecule has 0 unspecified atom stereocenters. The van der Waals surface area contributed by atoms with Gasteiger partial charge >= 0.3 is 0 Å². The first kappa shape index (κ1) is 10.2. The number of aliphatic hydroxyl groups is 1. The second kappa shape index (κ2) is 4.39. The summed E-state index contributed by atoms with van der Waals surface area (Å²) in [6.07, 6.45) is -0.299. The van der Waals surface area contributed by atoms with Gasteiger partial charge in [0, 0.05) is 24.3 Å². The number of nitrogens with zero attached hydrogens (tertiary/aromatic N) is 1. The fraction of sp³-hybridized carbons (Fsp3) is 0.667. The van der Waals surface area contributed by atoms with Crippen molar-refractivity contribution >= 4 is 0 Å². The lowest BCUT2D eigenvalue weighted by Gasteiger charge is -2.06. The van der Waals surface area contributed by atoms with E-state index in [2.05, 4.69) is 15.5 Å². The van der Waals surface area contributed by atoms with Crippen molar-refractivity contribution in [3.05, 3.63) is 17.0 Å². The van der Waals surface area contributed by atoms with Crippen LogP contribution in [0.2, 0.25) is 0 Å². The third-order valence-corrected chi connectivity index (χ3v) is 2.02. The molecule has 4 heteroatoms.